The van der Waals surface area contributed by atoms with E-state index < -0.39 is 0 Å². The lowest BCUT2D eigenvalue weighted by molar-refractivity contribution is 0.144. The van der Waals surface area contributed by atoms with Crippen molar-refractivity contribution in [2.75, 3.05) is 47.8 Å². The second-order valence-corrected chi connectivity index (χ2v) is 7.10. The second-order valence-electron chi connectivity index (χ2n) is 7.10. The molecule has 2 aromatic carbocycles. The van der Waals surface area contributed by atoms with E-state index in [0.717, 1.165) is 46.4 Å². The van der Waals surface area contributed by atoms with Gasteiger partial charge >= 0.3 is 0 Å². The van der Waals surface area contributed by atoms with Crippen LogP contribution < -0.4 is 14.2 Å². The van der Waals surface area contributed by atoms with Gasteiger partial charge in [-0.15, -0.1) is 0 Å². The quantitative estimate of drug-likeness (QED) is 0.476. The zero-order valence-electron chi connectivity index (χ0n) is 17.5. The van der Waals surface area contributed by atoms with Crippen LogP contribution in [-0.2, 0) is 22.3 Å². The van der Waals surface area contributed by atoms with E-state index in [1.807, 2.05) is 12.1 Å². The Hall–Kier alpha value is -2.24. The van der Waals surface area contributed by atoms with Gasteiger partial charge in [-0.1, -0.05) is 11.6 Å². The standard InChI is InChI=1S/C23H30O5/c1-15-6-7-18-19(12-15)23(28-11-9-25-4)21-16(2)13-17(26-5)14-20(21)22(18)27-10-8-24-3/h6,13-14H,7-12H2,1-5H3. The lowest BCUT2D eigenvalue weighted by Gasteiger charge is -2.26. The summed E-state index contributed by atoms with van der Waals surface area (Å²) in [6, 6.07) is 4.08. The van der Waals surface area contributed by atoms with Crippen LogP contribution in [0.25, 0.3) is 10.8 Å². The van der Waals surface area contributed by atoms with Crippen LogP contribution in [0.3, 0.4) is 0 Å². The van der Waals surface area contributed by atoms with Gasteiger partial charge in [-0.05, 0) is 44.4 Å². The molecule has 3 rings (SSSR count). The maximum absolute atomic E-state index is 6.27. The molecule has 0 aliphatic heterocycles. The van der Waals surface area contributed by atoms with Crippen LogP contribution in [0.4, 0.5) is 0 Å². The molecule has 0 amide bonds. The van der Waals surface area contributed by atoms with Crippen LogP contribution in [0.2, 0.25) is 0 Å². The number of hydrogen-bond donors (Lipinski definition) is 0. The van der Waals surface area contributed by atoms with Crippen molar-refractivity contribution >= 4 is 10.8 Å². The van der Waals surface area contributed by atoms with Gasteiger partial charge in [0.05, 0.1) is 20.3 Å². The zero-order chi connectivity index (χ0) is 20.1. The van der Waals surface area contributed by atoms with Crippen molar-refractivity contribution in [3.8, 4) is 17.2 Å². The third-order valence-corrected chi connectivity index (χ3v) is 5.11. The molecule has 0 fully saturated rings. The summed E-state index contributed by atoms with van der Waals surface area (Å²) in [5.74, 6) is 2.66. The number of allylic oxidation sites excluding steroid dienone is 2. The highest BCUT2D eigenvalue weighted by Crippen LogP contribution is 2.46. The average Bonchev–Trinajstić information content (AvgIpc) is 2.69. The summed E-state index contributed by atoms with van der Waals surface area (Å²) in [6.07, 6.45) is 3.96. The van der Waals surface area contributed by atoms with Gasteiger partial charge in [0.15, 0.2) is 0 Å². The van der Waals surface area contributed by atoms with Gasteiger partial charge < -0.3 is 23.7 Å². The first-order valence-corrected chi connectivity index (χ1v) is 9.65. The van der Waals surface area contributed by atoms with E-state index in [1.165, 1.54) is 16.7 Å². The number of fused-ring (bicyclic) bond motifs is 2. The number of hydrogen-bond acceptors (Lipinski definition) is 5. The van der Waals surface area contributed by atoms with Crippen LogP contribution in [0.15, 0.2) is 23.8 Å². The van der Waals surface area contributed by atoms with Crippen LogP contribution in [0.5, 0.6) is 17.2 Å². The molecule has 0 saturated heterocycles. The fourth-order valence-corrected chi connectivity index (χ4v) is 3.75. The van der Waals surface area contributed by atoms with Gasteiger partial charge in [-0.3, -0.25) is 0 Å². The lowest BCUT2D eigenvalue weighted by Crippen LogP contribution is -2.14. The predicted molar refractivity (Wildman–Crippen MR) is 111 cm³/mol. The summed E-state index contributed by atoms with van der Waals surface area (Å²) >= 11 is 0. The average molecular weight is 386 g/mol. The van der Waals surface area contributed by atoms with E-state index >= 15 is 0 Å². The molecule has 0 unspecified atom stereocenters. The molecule has 0 atom stereocenters. The Morgan fingerprint density at radius 2 is 1.50 bits per heavy atom. The zero-order valence-corrected chi connectivity index (χ0v) is 17.5. The third-order valence-electron chi connectivity index (χ3n) is 5.11. The summed E-state index contributed by atoms with van der Waals surface area (Å²) in [6.45, 7) is 6.35. The molecule has 0 spiro atoms. The lowest BCUT2D eigenvalue weighted by atomic mass is 9.86. The Bertz CT molecular complexity index is 869. The highest BCUT2D eigenvalue weighted by molar-refractivity contribution is 5.99. The number of benzene rings is 2. The van der Waals surface area contributed by atoms with Gasteiger partial charge in [-0.2, -0.15) is 0 Å². The van der Waals surface area contributed by atoms with Crippen molar-refractivity contribution in [2.45, 2.75) is 26.7 Å². The SMILES string of the molecule is COCCOc1c2c(c(OCCOC)c3c(C)cc(OC)cc13)CC(C)=CC2. The fraction of sp³-hybridized carbons (Fsp3) is 0.478. The third kappa shape index (κ3) is 4.10. The maximum atomic E-state index is 6.27. The Kier molecular flexibility index (Phi) is 6.81. The summed E-state index contributed by atoms with van der Waals surface area (Å²) in [5.41, 5.74) is 4.85. The highest BCUT2D eigenvalue weighted by Gasteiger charge is 2.25. The number of aryl methyl sites for hydroxylation is 1. The van der Waals surface area contributed by atoms with Crippen LogP contribution in [0, 0.1) is 6.92 Å². The Morgan fingerprint density at radius 3 is 2.14 bits per heavy atom. The van der Waals surface area contributed by atoms with E-state index in [-0.39, 0.29) is 0 Å². The van der Waals surface area contributed by atoms with Gasteiger partial charge in [0.2, 0.25) is 0 Å². The van der Waals surface area contributed by atoms with Gasteiger partial charge in [0, 0.05) is 36.1 Å². The molecule has 0 bridgehead atoms. The molecule has 5 heteroatoms. The summed E-state index contributed by atoms with van der Waals surface area (Å²) in [4.78, 5) is 0. The molecule has 5 nitrogen and oxygen atoms in total. The van der Waals surface area contributed by atoms with E-state index in [4.69, 9.17) is 23.7 Å². The fourth-order valence-electron chi connectivity index (χ4n) is 3.75. The topological polar surface area (TPSA) is 46.2 Å². The molecule has 1 aliphatic carbocycles. The Morgan fingerprint density at radius 1 is 0.821 bits per heavy atom. The molecule has 0 heterocycles. The molecule has 0 radical (unpaired) electrons. The number of ether oxygens (including phenoxy) is 5. The Balaban J connectivity index is 2.24. The minimum Gasteiger partial charge on any atom is -0.497 e. The van der Waals surface area contributed by atoms with E-state index in [9.17, 15) is 0 Å². The van der Waals surface area contributed by atoms with Crippen LogP contribution in [0.1, 0.15) is 23.6 Å². The van der Waals surface area contributed by atoms with Crippen molar-refractivity contribution in [1.29, 1.82) is 0 Å². The van der Waals surface area contributed by atoms with Crippen molar-refractivity contribution < 1.29 is 23.7 Å². The van der Waals surface area contributed by atoms with Gasteiger partial charge in [0.1, 0.15) is 30.5 Å². The minimum absolute atomic E-state index is 0.501. The minimum atomic E-state index is 0.501. The van der Waals surface area contributed by atoms with Crippen molar-refractivity contribution in [3.05, 3.63) is 40.5 Å². The van der Waals surface area contributed by atoms with Crippen LogP contribution >= 0.6 is 0 Å². The highest BCUT2D eigenvalue weighted by atomic mass is 16.5. The normalized spacial score (nSPS) is 13.2. The van der Waals surface area contributed by atoms with Crippen molar-refractivity contribution in [3.63, 3.8) is 0 Å². The molecule has 152 valence electrons. The largest absolute Gasteiger partial charge is 0.497 e. The molecule has 0 saturated carbocycles. The van der Waals surface area contributed by atoms with Crippen molar-refractivity contribution in [2.24, 2.45) is 0 Å². The smallest absolute Gasteiger partial charge is 0.131 e. The van der Waals surface area contributed by atoms with Crippen LogP contribution in [-0.4, -0.2) is 47.8 Å². The monoisotopic (exact) mass is 386 g/mol. The van der Waals surface area contributed by atoms with E-state index in [0.29, 0.717) is 26.4 Å². The van der Waals surface area contributed by atoms with Gasteiger partial charge in [-0.25, -0.2) is 0 Å². The van der Waals surface area contributed by atoms with E-state index in [1.54, 1.807) is 21.3 Å². The molecule has 1 aliphatic rings. The molecule has 28 heavy (non-hydrogen) atoms. The second kappa shape index (κ2) is 9.30. The number of rotatable bonds is 9. The number of methoxy groups -OCH3 is 3. The first kappa shape index (κ1) is 20.5. The first-order valence-electron chi connectivity index (χ1n) is 9.65. The summed E-state index contributed by atoms with van der Waals surface area (Å²) < 4.78 is 28.4. The maximum Gasteiger partial charge on any atom is 0.131 e. The van der Waals surface area contributed by atoms with E-state index in [2.05, 4.69) is 19.9 Å². The molecular formula is C23H30O5. The molecular weight excluding hydrogens is 356 g/mol. The molecule has 2 aromatic rings. The molecule has 0 aromatic heterocycles. The van der Waals surface area contributed by atoms with Crippen molar-refractivity contribution in [1.82, 2.24) is 0 Å². The molecule has 0 N–H and O–H groups in total. The summed E-state index contributed by atoms with van der Waals surface area (Å²) in [5, 5.41) is 2.10. The Labute approximate surface area is 167 Å². The first-order chi connectivity index (χ1) is 13.6. The summed E-state index contributed by atoms with van der Waals surface area (Å²) in [7, 11) is 5.06. The van der Waals surface area contributed by atoms with Gasteiger partial charge in [0.25, 0.3) is 0 Å². The predicted octanol–water partition coefficient (Wildman–Crippen LogP) is 4.25.